The van der Waals surface area contributed by atoms with Gasteiger partial charge in [-0.25, -0.2) is 4.79 Å². The topological polar surface area (TPSA) is 66.6 Å². The summed E-state index contributed by atoms with van der Waals surface area (Å²) in [5.74, 6) is -0.986. The standard InChI is InChI=1S/C6H10N2O2/c1-8-4-2-3-6(8,7)5(9)10/h2,4H,3,7H2,1H3,(H,9,10). The molecule has 0 spiro atoms. The molecule has 0 aromatic rings. The van der Waals surface area contributed by atoms with E-state index in [9.17, 15) is 4.79 Å². The van der Waals surface area contributed by atoms with Crippen molar-refractivity contribution in [3.05, 3.63) is 12.3 Å². The third-order valence-corrected chi connectivity index (χ3v) is 1.76. The first-order valence-corrected chi connectivity index (χ1v) is 2.99. The van der Waals surface area contributed by atoms with E-state index in [1.165, 1.54) is 4.90 Å². The maximum atomic E-state index is 10.5. The number of carboxylic acid groups (broad SMARTS) is 1. The molecule has 0 saturated carbocycles. The molecule has 4 nitrogen and oxygen atoms in total. The van der Waals surface area contributed by atoms with Gasteiger partial charge in [0.05, 0.1) is 0 Å². The van der Waals surface area contributed by atoms with E-state index in [0.717, 1.165) is 0 Å². The van der Waals surface area contributed by atoms with E-state index in [1.54, 1.807) is 19.3 Å². The fourth-order valence-corrected chi connectivity index (χ4v) is 0.906. The van der Waals surface area contributed by atoms with Crippen LogP contribution in [-0.4, -0.2) is 28.7 Å². The highest BCUT2D eigenvalue weighted by atomic mass is 16.4. The molecule has 10 heavy (non-hydrogen) atoms. The normalized spacial score (nSPS) is 31.2. The van der Waals surface area contributed by atoms with E-state index >= 15 is 0 Å². The Balaban J connectivity index is 2.80. The van der Waals surface area contributed by atoms with Crippen LogP contribution in [0.25, 0.3) is 0 Å². The summed E-state index contributed by atoms with van der Waals surface area (Å²) in [7, 11) is 1.65. The minimum absolute atomic E-state index is 0.374. The highest BCUT2D eigenvalue weighted by Crippen LogP contribution is 2.19. The summed E-state index contributed by atoms with van der Waals surface area (Å²) in [6.07, 6.45) is 3.79. The lowest BCUT2D eigenvalue weighted by Crippen LogP contribution is -2.55. The molecule has 0 fully saturated rings. The molecule has 1 aliphatic heterocycles. The average molecular weight is 142 g/mol. The molecule has 0 amide bonds. The van der Waals surface area contributed by atoms with Gasteiger partial charge in [0, 0.05) is 13.5 Å². The minimum atomic E-state index is -1.21. The quantitative estimate of drug-likeness (QED) is 0.521. The summed E-state index contributed by atoms with van der Waals surface area (Å²) in [4.78, 5) is 12.0. The van der Waals surface area contributed by atoms with Gasteiger partial charge in [0.25, 0.3) is 0 Å². The molecule has 1 rings (SSSR count). The summed E-state index contributed by atoms with van der Waals surface area (Å²) >= 11 is 0. The van der Waals surface area contributed by atoms with Crippen molar-refractivity contribution >= 4 is 5.97 Å². The first-order chi connectivity index (χ1) is 4.57. The van der Waals surface area contributed by atoms with Crippen molar-refractivity contribution in [1.82, 2.24) is 4.90 Å². The first-order valence-electron chi connectivity index (χ1n) is 2.99. The molecule has 1 atom stereocenters. The molecular weight excluding hydrogens is 132 g/mol. The SMILES string of the molecule is CN1C=CCC1(N)C(=O)O. The van der Waals surface area contributed by atoms with Crippen LogP contribution in [0.2, 0.25) is 0 Å². The van der Waals surface area contributed by atoms with E-state index < -0.39 is 11.6 Å². The molecule has 0 aromatic heterocycles. The smallest absolute Gasteiger partial charge is 0.344 e. The van der Waals surface area contributed by atoms with E-state index in [4.69, 9.17) is 10.8 Å². The molecule has 4 heteroatoms. The fourth-order valence-electron chi connectivity index (χ4n) is 0.906. The Morgan fingerprint density at radius 3 is 2.70 bits per heavy atom. The summed E-state index contributed by atoms with van der Waals surface area (Å²) in [6, 6.07) is 0. The van der Waals surface area contributed by atoms with Crippen molar-refractivity contribution in [2.75, 3.05) is 7.05 Å². The lowest BCUT2D eigenvalue weighted by molar-refractivity contribution is -0.148. The van der Waals surface area contributed by atoms with Gasteiger partial charge >= 0.3 is 5.97 Å². The minimum Gasteiger partial charge on any atom is -0.478 e. The van der Waals surface area contributed by atoms with Gasteiger partial charge in [-0.15, -0.1) is 0 Å². The van der Waals surface area contributed by atoms with Gasteiger partial charge in [-0.1, -0.05) is 6.08 Å². The van der Waals surface area contributed by atoms with Crippen molar-refractivity contribution in [1.29, 1.82) is 0 Å². The number of likely N-dealkylation sites (N-methyl/N-ethyl adjacent to an activating group) is 1. The monoisotopic (exact) mass is 142 g/mol. The van der Waals surface area contributed by atoms with Crippen molar-refractivity contribution in [3.8, 4) is 0 Å². The van der Waals surface area contributed by atoms with Crippen LogP contribution in [-0.2, 0) is 4.79 Å². The van der Waals surface area contributed by atoms with Gasteiger partial charge in [0.1, 0.15) is 0 Å². The zero-order valence-corrected chi connectivity index (χ0v) is 5.74. The lowest BCUT2D eigenvalue weighted by Gasteiger charge is -2.27. The summed E-state index contributed by atoms with van der Waals surface area (Å²) in [5.41, 5.74) is 4.30. The third kappa shape index (κ3) is 0.769. The van der Waals surface area contributed by atoms with Crippen LogP contribution in [0.5, 0.6) is 0 Å². The van der Waals surface area contributed by atoms with Crippen molar-refractivity contribution in [2.24, 2.45) is 5.73 Å². The van der Waals surface area contributed by atoms with E-state index in [-0.39, 0.29) is 0 Å². The number of hydrogen-bond acceptors (Lipinski definition) is 3. The maximum absolute atomic E-state index is 10.5. The van der Waals surface area contributed by atoms with E-state index in [0.29, 0.717) is 6.42 Å². The molecule has 56 valence electrons. The summed E-state index contributed by atoms with van der Waals surface area (Å²) in [6.45, 7) is 0. The number of aliphatic carboxylic acids is 1. The fraction of sp³-hybridized carbons (Fsp3) is 0.500. The van der Waals surface area contributed by atoms with E-state index in [1.807, 2.05) is 0 Å². The maximum Gasteiger partial charge on any atom is 0.344 e. The number of rotatable bonds is 1. The second kappa shape index (κ2) is 1.98. The highest BCUT2D eigenvalue weighted by Gasteiger charge is 2.38. The molecule has 0 aromatic carbocycles. The van der Waals surface area contributed by atoms with Crippen LogP contribution >= 0.6 is 0 Å². The Bertz CT molecular complexity index is 190. The van der Waals surface area contributed by atoms with Crippen LogP contribution in [0.3, 0.4) is 0 Å². The van der Waals surface area contributed by atoms with Crippen LogP contribution in [0.15, 0.2) is 12.3 Å². The number of nitrogens with zero attached hydrogens (tertiary/aromatic N) is 1. The molecule has 0 bridgehead atoms. The van der Waals surface area contributed by atoms with Gasteiger partial charge in [-0.3, -0.25) is 5.73 Å². The number of carbonyl (C=O) groups is 1. The van der Waals surface area contributed by atoms with Crippen LogP contribution in [0, 0.1) is 0 Å². The molecule has 3 N–H and O–H groups in total. The third-order valence-electron chi connectivity index (χ3n) is 1.76. The van der Waals surface area contributed by atoms with Gasteiger partial charge in [0.15, 0.2) is 5.66 Å². The van der Waals surface area contributed by atoms with Crippen molar-refractivity contribution in [2.45, 2.75) is 12.1 Å². The number of nitrogens with two attached hydrogens (primary N) is 1. The largest absolute Gasteiger partial charge is 0.478 e. The average Bonchev–Trinajstić information content (AvgIpc) is 2.15. The Morgan fingerprint density at radius 2 is 2.50 bits per heavy atom. The molecule has 0 aliphatic carbocycles. The molecule has 1 heterocycles. The molecule has 0 radical (unpaired) electrons. The zero-order chi connectivity index (χ0) is 7.78. The molecular formula is C6H10N2O2. The highest BCUT2D eigenvalue weighted by molar-refractivity contribution is 5.78. The van der Waals surface area contributed by atoms with E-state index in [2.05, 4.69) is 0 Å². The zero-order valence-electron chi connectivity index (χ0n) is 5.74. The van der Waals surface area contributed by atoms with Crippen LogP contribution in [0.1, 0.15) is 6.42 Å². The van der Waals surface area contributed by atoms with Gasteiger partial charge in [0.2, 0.25) is 0 Å². The molecule has 1 aliphatic rings. The van der Waals surface area contributed by atoms with Gasteiger partial charge in [-0.05, 0) is 6.20 Å². The van der Waals surface area contributed by atoms with Crippen molar-refractivity contribution < 1.29 is 9.90 Å². The second-order valence-corrected chi connectivity index (χ2v) is 2.43. The van der Waals surface area contributed by atoms with Gasteiger partial charge < -0.3 is 10.0 Å². The van der Waals surface area contributed by atoms with Gasteiger partial charge in [-0.2, -0.15) is 0 Å². The Hall–Kier alpha value is -1.03. The molecule has 1 unspecified atom stereocenters. The molecule has 0 saturated heterocycles. The predicted molar refractivity (Wildman–Crippen MR) is 36.1 cm³/mol. The Kier molecular flexibility index (Phi) is 1.40. The lowest BCUT2D eigenvalue weighted by atomic mass is 10.1. The van der Waals surface area contributed by atoms with Crippen LogP contribution in [0.4, 0.5) is 0 Å². The first kappa shape index (κ1) is 7.08. The summed E-state index contributed by atoms with van der Waals surface area (Å²) in [5, 5.41) is 8.64. The number of carboxylic acids is 1. The van der Waals surface area contributed by atoms with Crippen molar-refractivity contribution in [3.63, 3.8) is 0 Å². The second-order valence-electron chi connectivity index (χ2n) is 2.43. The summed E-state index contributed by atoms with van der Waals surface area (Å²) < 4.78 is 0. The predicted octanol–water partition coefficient (Wildman–Crippen LogP) is -0.425. The Labute approximate surface area is 58.9 Å². The Morgan fingerprint density at radius 1 is 1.90 bits per heavy atom. The number of hydrogen-bond donors (Lipinski definition) is 2. The van der Waals surface area contributed by atoms with Crippen LogP contribution < -0.4 is 5.73 Å².